The molecule has 8 aromatic rings. The Kier molecular flexibility index (Phi) is 9.03. The van der Waals surface area contributed by atoms with E-state index in [-0.39, 0.29) is 17.1 Å². The van der Waals surface area contributed by atoms with Gasteiger partial charge in [-0.1, -0.05) is 156 Å². The van der Waals surface area contributed by atoms with Crippen molar-refractivity contribution in [2.24, 2.45) is 0 Å². The van der Waals surface area contributed by atoms with Crippen LogP contribution in [0, 0.1) is 0 Å². The van der Waals surface area contributed by atoms with Crippen LogP contribution in [0.2, 0.25) is 10.6 Å². The quantitative estimate of drug-likeness (QED) is 0.120. The minimum Gasteiger partial charge on any atom is -0.399 e. The van der Waals surface area contributed by atoms with Crippen molar-refractivity contribution in [1.29, 1.82) is 0 Å². The maximum absolute atomic E-state index is 6.95. The molecule has 1 aliphatic rings. The van der Waals surface area contributed by atoms with Crippen molar-refractivity contribution in [2.75, 3.05) is 0 Å². The van der Waals surface area contributed by atoms with Crippen molar-refractivity contribution in [3.8, 4) is 44.8 Å². The lowest BCUT2D eigenvalue weighted by molar-refractivity contribution is -0.711. The van der Waals surface area contributed by atoms with E-state index in [4.69, 9.17) is 42.5 Å². The average molecular weight is 758 g/mol. The molecule has 0 aliphatic carbocycles. The van der Waals surface area contributed by atoms with Crippen molar-refractivity contribution in [3.05, 3.63) is 168 Å². The fourth-order valence-corrected chi connectivity index (χ4v) is 8.18. The minimum absolute atomic E-state index is 0.208. The minimum atomic E-state index is -0.831. The number of fused-ring (bicyclic) bond motifs is 2. The lowest BCUT2D eigenvalue weighted by atomic mass is 9.77. The second-order valence-electron chi connectivity index (χ2n) is 14.8. The Morgan fingerprint density at radius 2 is 1.05 bits per heavy atom. The third-order valence-electron chi connectivity index (χ3n) is 11.0. The van der Waals surface area contributed by atoms with Gasteiger partial charge in [0.05, 0.1) is 11.2 Å². The van der Waals surface area contributed by atoms with Gasteiger partial charge in [0, 0.05) is 0 Å². The molecular formula is C47H37BCl2N3O2+. The predicted octanol–water partition coefficient (Wildman–Crippen LogP) is 11.0. The Morgan fingerprint density at radius 1 is 0.527 bits per heavy atom. The van der Waals surface area contributed by atoms with Gasteiger partial charge in [0.1, 0.15) is 12.1 Å². The van der Waals surface area contributed by atoms with Crippen LogP contribution in [0.15, 0.2) is 158 Å². The highest BCUT2D eigenvalue weighted by atomic mass is 35.5. The van der Waals surface area contributed by atoms with Crippen molar-refractivity contribution in [3.63, 3.8) is 0 Å². The molecule has 1 atom stereocenters. The summed E-state index contributed by atoms with van der Waals surface area (Å²) in [5.41, 5.74) is 6.99. The number of aromatic nitrogens is 3. The van der Waals surface area contributed by atoms with Gasteiger partial charge in [-0.3, -0.25) is 0 Å². The largest absolute Gasteiger partial charge is 0.494 e. The first kappa shape index (κ1) is 35.3. The normalized spacial score (nSPS) is 16.6. The molecule has 7 aromatic carbocycles. The fourth-order valence-electron chi connectivity index (χ4n) is 7.69. The van der Waals surface area contributed by atoms with E-state index in [1.54, 1.807) is 4.57 Å². The van der Waals surface area contributed by atoms with Gasteiger partial charge in [-0.05, 0) is 116 Å². The molecule has 0 saturated carbocycles. The molecule has 0 N–H and O–H groups in total. The molecule has 0 radical (unpaired) electrons. The van der Waals surface area contributed by atoms with Crippen molar-refractivity contribution in [1.82, 2.24) is 9.97 Å². The van der Waals surface area contributed by atoms with Crippen molar-refractivity contribution >= 4 is 57.3 Å². The average Bonchev–Trinajstić information content (AvgIpc) is 3.46. The summed E-state index contributed by atoms with van der Waals surface area (Å²) in [4.78, 5) is 9.52. The first-order valence-electron chi connectivity index (χ1n) is 18.4. The molecule has 0 spiro atoms. The second-order valence-corrected chi connectivity index (χ2v) is 15.5. The third-order valence-corrected chi connectivity index (χ3v) is 11.6. The predicted molar refractivity (Wildman–Crippen MR) is 225 cm³/mol. The van der Waals surface area contributed by atoms with E-state index in [2.05, 4.69) is 127 Å². The summed E-state index contributed by atoms with van der Waals surface area (Å²) in [6.07, 6.45) is 0. The Balaban J connectivity index is 0.996. The first-order valence-corrected chi connectivity index (χ1v) is 19.2. The molecule has 1 saturated heterocycles. The lowest BCUT2D eigenvalue weighted by Gasteiger charge is -2.35. The Labute approximate surface area is 331 Å². The molecule has 1 aromatic heterocycles. The van der Waals surface area contributed by atoms with Gasteiger partial charge in [0.15, 0.2) is 0 Å². The van der Waals surface area contributed by atoms with E-state index >= 15 is 0 Å². The summed E-state index contributed by atoms with van der Waals surface area (Å²) in [5.74, 6) is 0.439. The Hall–Kier alpha value is -5.37. The zero-order chi connectivity index (χ0) is 37.7. The molecule has 2 heterocycles. The fraction of sp³-hybridized carbons (Fsp3) is 0.128. The zero-order valence-corrected chi connectivity index (χ0v) is 32.2. The zero-order valence-electron chi connectivity index (χ0n) is 30.7. The van der Waals surface area contributed by atoms with Crippen molar-refractivity contribution < 1.29 is 13.9 Å². The number of hydrogen-bond acceptors (Lipinski definition) is 4. The summed E-state index contributed by atoms with van der Waals surface area (Å²) in [6.45, 7) is 6.35. The second kappa shape index (κ2) is 14.0. The highest BCUT2D eigenvalue weighted by Crippen LogP contribution is 2.40. The summed E-state index contributed by atoms with van der Waals surface area (Å²) in [7, 11) is -0.603. The highest BCUT2D eigenvalue weighted by molar-refractivity contribution is 6.62. The van der Waals surface area contributed by atoms with Crippen LogP contribution < -0.4 is 10.0 Å². The van der Waals surface area contributed by atoms with Crippen LogP contribution in [0.3, 0.4) is 0 Å². The van der Waals surface area contributed by atoms with Gasteiger partial charge in [-0.25, -0.2) is 4.57 Å². The summed E-state index contributed by atoms with van der Waals surface area (Å²) in [6, 6.07) is 54.7. The van der Waals surface area contributed by atoms with Crippen LogP contribution in [0.1, 0.15) is 20.8 Å². The molecule has 1 fully saturated rings. The summed E-state index contributed by atoms with van der Waals surface area (Å²) in [5, 5.41) is 5.16. The van der Waals surface area contributed by atoms with E-state index in [9.17, 15) is 0 Å². The molecule has 1 aliphatic heterocycles. The molecule has 8 heteroatoms. The number of nitrogens with zero attached hydrogens (tertiary/aromatic N) is 3. The molecule has 5 nitrogen and oxygen atoms in total. The van der Waals surface area contributed by atoms with Crippen LogP contribution in [0.5, 0.6) is 0 Å². The van der Waals surface area contributed by atoms with Gasteiger partial charge in [-0.15, -0.1) is 0 Å². The van der Waals surface area contributed by atoms with Crippen molar-refractivity contribution in [2.45, 2.75) is 38.5 Å². The number of hydrogen-bond donors (Lipinski definition) is 0. The van der Waals surface area contributed by atoms with Gasteiger partial charge in [0.25, 0.3) is 0 Å². The van der Waals surface area contributed by atoms with Crippen LogP contribution in [0.25, 0.3) is 66.3 Å². The molecule has 55 heavy (non-hydrogen) atoms. The topological polar surface area (TPSA) is 48.1 Å². The smallest absolute Gasteiger partial charge is 0.399 e. The van der Waals surface area contributed by atoms with E-state index < -0.39 is 18.3 Å². The van der Waals surface area contributed by atoms with Gasteiger partial charge in [-0.2, -0.15) is 0 Å². The lowest BCUT2D eigenvalue weighted by Crippen LogP contribution is -2.57. The molecular weight excluding hydrogens is 720 g/mol. The van der Waals surface area contributed by atoms with E-state index in [1.165, 1.54) is 27.3 Å². The summed E-state index contributed by atoms with van der Waals surface area (Å²) >= 11 is 13.9. The number of benzene rings is 7. The van der Waals surface area contributed by atoms with Gasteiger partial charge >= 0.3 is 23.5 Å². The third kappa shape index (κ3) is 6.49. The van der Waals surface area contributed by atoms with Crippen LogP contribution >= 0.6 is 23.2 Å². The van der Waals surface area contributed by atoms with Gasteiger partial charge < -0.3 is 9.31 Å². The molecule has 0 amide bonds. The highest BCUT2D eigenvalue weighted by Gasteiger charge is 2.56. The van der Waals surface area contributed by atoms with E-state index in [0.29, 0.717) is 5.82 Å². The maximum Gasteiger partial charge on any atom is 0.494 e. The molecule has 1 unspecified atom stereocenters. The molecule has 0 bridgehead atoms. The first-order chi connectivity index (χ1) is 26.7. The number of rotatable bonds is 7. The van der Waals surface area contributed by atoms with Gasteiger partial charge in [0.2, 0.25) is 0 Å². The maximum atomic E-state index is 6.95. The van der Waals surface area contributed by atoms with E-state index in [0.717, 1.165) is 38.7 Å². The van der Waals surface area contributed by atoms with Crippen LogP contribution in [-0.4, -0.2) is 28.3 Å². The monoisotopic (exact) mass is 756 g/mol. The SMILES string of the molecule is CC1(C)OB(c2cccc(-c3cccc4ccccc34)c2)OC1(C)C[n+]1c(Cl)nc(-c2cccc(-c3ccc(-c4ccccc4)c4ccccc34)c2)nc1Cl. The Morgan fingerprint density at radius 3 is 1.78 bits per heavy atom. The molecule has 9 rings (SSSR count). The summed E-state index contributed by atoms with van der Waals surface area (Å²) < 4.78 is 15.1. The van der Waals surface area contributed by atoms with Crippen LogP contribution in [0.4, 0.5) is 0 Å². The standard InChI is InChI=1S/C47H37BCl2N3O2/c1-46(2)47(3,55-48(54-46)36-21-12-19-34(29-36)38-25-13-17-32-16-7-8-22-37(32)38)30-53-44(49)51-43(52-45(53)50)35-20-11-18-33(28-35)40-27-26-39(31-14-5-4-6-15-31)41-23-9-10-24-42(40)41/h4-29H,30H2,1-3H3/q+1. The molecule has 268 valence electrons. The Bertz CT molecular complexity index is 2710. The van der Waals surface area contributed by atoms with E-state index in [1.807, 2.05) is 51.1 Å². The van der Waals surface area contributed by atoms with Crippen LogP contribution in [-0.2, 0) is 15.9 Å². The number of halogens is 2.